The number of likely N-dealkylation sites (tertiary alicyclic amines) is 1. The number of ether oxygens (including phenoxy) is 1. The molecule has 1 aliphatic carbocycles. The van der Waals surface area contributed by atoms with Gasteiger partial charge in [0.15, 0.2) is 0 Å². The molecule has 1 atom stereocenters. The van der Waals surface area contributed by atoms with Crippen molar-refractivity contribution in [2.75, 3.05) is 13.7 Å². The van der Waals surface area contributed by atoms with Crippen LogP contribution in [0.2, 0.25) is 0 Å². The summed E-state index contributed by atoms with van der Waals surface area (Å²) in [6, 6.07) is 5.98. The highest BCUT2D eigenvalue weighted by Gasteiger charge is 2.35. The molecule has 1 saturated carbocycles. The Morgan fingerprint density at radius 3 is 2.93 bits per heavy atom. The molecular formula is C20H26N4O3. The lowest BCUT2D eigenvalue weighted by Gasteiger charge is -2.36. The van der Waals surface area contributed by atoms with Gasteiger partial charge in [-0.3, -0.25) is 9.59 Å². The molecule has 2 heterocycles. The number of nitrogens with zero attached hydrogens (tertiary/aromatic N) is 2. The van der Waals surface area contributed by atoms with Crippen LogP contribution in [-0.2, 0) is 16.1 Å². The van der Waals surface area contributed by atoms with Crippen LogP contribution >= 0.6 is 0 Å². The Morgan fingerprint density at radius 2 is 2.15 bits per heavy atom. The fourth-order valence-electron chi connectivity index (χ4n) is 4.22. The topological polar surface area (TPSA) is 87.3 Å². The number of rotatable bonds is 5. The number of nitrogens with one attached hydrogen (secondary N) is 2. The Bertz CT molecular complexity index is 841. The second-order valence-corrected chi connectivity index (χ2v) is 7.50. The Labute approximate surface area is 158 Å². The van der Waals surface area contributed by atoms with Crippen molar-refractivity contribution in [3.05, 3.63) is 24.0 Å². The highest BCUT2D eigenvalue weighted by molar-refractivity contribution is 5.84. The number of hydrogen-bond acceptors (Lipinski definition) is 4. The number of aromatic amines is 1. The molecule has 2 N–H and O–H groups in total. The van der Waals surface area contributed by atoms with Gasteiger partial charge in [0.25, 0.3) is 0 Å². The van der Waals surface area contributed by atoms with Crippen LogP contribution in [-0.4, -0.2) is 46.4 Å². The number of imidazole rings is 1. The van der Waals surface area contributed by atoms with E-state index in [1.807, 2.05) is 23.1 Å². The number of piperidine rings is 1. The fourth-order valence-corrected chi connectivity index (χ4v) is 4.22. The first-order valence-electron chi connectivity index (χ1n) is 9.74. The van der Waals surface area contributed by atoms with Crippen molar-refractivity contribution in [2.24, 2.45) is 5.92 Å². The van der Waals surface area contributed by atoms with E-state index in [9.17, 15) is 9.59 Å². The molecule has 1 unspecified atom stereocenters. The first-order valence-corrected chi connectivity index (χ1v) is 9.74. The van der Waals surface area contributed by atoms with E-state index in [0.29, 0.717) is 37.8 Å². The minimum Gasteiger partial charge on any atom is -0.497 e. The van der Waals surface area contributed by atoms with Gasteiger partial charge in [0.2, 0.25) is 11.8 Å². The molecule has 1 saturated heterocycles. The second kappa shape index (κ2) is 7.58. The molecule has 4 rings (SSSR count). The zero-order chi connectivity index (χ0) is 18.8. The zero-order valence-corrected chi connectivity index (χ0v) is 15.7. The minimum absolute atomic E-state index is 0.00327. The smallest absolute Gasteiger partial charge is 0.225 e. The largest absolute Gasteiger partial charge is 0.497 e. The van der Waals surface area contributed by atoms with Crippen molar-refractivity contribution in [1.82, 2.24) is 20.2 Å². The van der Waals surface area contributed by atoms with Gasteiger partial charge in [-0.1, -0.05) is 12.8 Å². The second-order valence-electron chi connectivity index (χ2n) is 7.50. The lowest BCUT2D eigenvalue weighted by Crippen LogP contribution is -2.49. The molecule has 1 aromatic heterocycles. The van der Waals surface area contributed by atoms with Crippen LogP contribution in [0, 0.1) is 5.92 Å². The molecule has 144 valence electrons. The summed E-state index contributed by atoms with van der Waals surface area (Å²) in [6.07, 6.45) is 5.61. The Kier molecular flexibility index (Phi) is 5.01. The molecule has 2 aromatic rings. The van der Waals surface area contributed by atoms with Crippen molar-refractivity contribution < 1.29 is 14.3 Å². The number of fused-ring (bicyclic) bond motifs is 1. The number of H-pyrrole nitrogens is 1. The summed E-state index contributed by atoms with van der Waals surface area (Å²) in [5.41, 5.74) is 1.73. The van der Waals surface area contributed by atoms with Gasteiger partial charge in [0.05, 0.1) is 30.6 Å². The van der Waals surface area contributed by atoms with Crippen LogP contribution in [0.25, 0.3) is 11.0 Å². The number of aromatic nitrogens is 2. The molecule has 7 nitrogen and oxygen atoms in total. The number of methoxy groups -OCH3 is 1. The zero-order valence-electron chi connectivity index (χ0n) is 15.7. The maximum absolute atomic E-state index is 12.6. The van der Waals surface area contributed by atoms with Gasteiger partial charge in [0.1, 0.15) is 11.6 Å². The first-order chi connectivity index (χ1) is 13.1. The van der Waals surface area contributed by atoms with Gasteiger partial charge in [0, 0.05) is 25.1 Å². The normalized spacial score (nSPS) is 21.0. The van der Waals surface area contributed by atoms with Gasteiger partial charge in [-0.2, -0.15) is 0 Å². The molecule has 1 aromatic carbocycles. The van der Waals surface area contributed by atoms with E-state index < -0.39 is 0 Å². The fraction of sp³-hybridized carbons (Fsp3) is 0.550. The molecule has 2 amide bonds. The number of amides is 2. The average Bonchev–Trinajstić information content (AvgIpc) is 3.35. The molecule has 2 aliphatic rings. The van der Waals surface area contributed by atoms with E-state index in [1.54, 1.807) is 7.11 Å². The third kappa shape index (κ3) is 3.77. The van der Waals surface area contributed by atoms with Crippen molar-refractivity contribution >= 4 is 22.8 Å². The van der Waals surface area contributed by atoms with E-state index in [0.717, 1.165) is 29.6 Å². The van der Waals surface area contributed by atoms with E-state index in [-0.39, 0.29) is 17.7 Å². The number of carbonyl (C=O) groups is 2. The van der Waals surface area contributed by atoms with Gasteiger partial charge < -0.3 is 19.9 Å². The van der Waals surface area contributed by atoms with Crippen molar-refractivity contribution in [1.29, 1.82) is 0 Å². The Hall–Kier alpha value is -2.57. The number of hydrogen-bond donors (Lipinski definition) is 2. The summed E-state index contributed by atoms with van der Waals surface area (Å²) in [5, 5.41) is 2.98. The van der Waals surface area contributed by atoms with Gasteiger partial charge in [-0.15, -0.1) is 0 Å². The molecule has 7 heteroatoms. The van der Waals surface area contributed by atoms with Crippen LogP contribution in [0.15, 0.2) is 18.2 Å². The quantitative estimate of drug-likeness (QED) is 0.846. The Balaban J connectivity index is 1.36. The molecule has 0 spiro atoms. The summed E-state index contributed by atoms with van der Waals surface area (Å²) in [6.45, 7) is 0.899. The third-order valence-electron chi connectivity index (χ3n) is 5.75. The van der Waals surface area contributed by atoms with E-state index >= 15 is 0 Å². The summed E-state index contributed by atoms with van der Waals surface area (Å²) in [7, 11) is 1.63. The van der Waals surface area contributed by atoms with Crippen molar-refractivity contribution in [2.45, 2.75) is 51.1 Å². The lowest BCUT2D eigenvalue weighted by molar-refractivity contribution is -0.140. The molecule has 1 aliphatic heterocycles. The standard InChI is InChI=1S/C20H26N4O3/c1-27-15-7-8-16-17(10-15)23-18(22-16)11-21-20(26)13-6-9-19(25)24(12-13)14-4-2-3-5-14/h7-8,10,13-14H,2-6,9,11-12H2,1H3,(H,21,26)(H,22,23). The van der Waals surface area contributed by atoms with Gasteiger partial charge in [-0.05, 0) is 31.4 Å². The molecule has 0 radical (unpaired) electrons. The van der Waals surface area contributed by atoms with Gasteiger partial charge in [-0.25, -0.2) is 4.98 Å². The maximum atomic E-state index is 12.6. The third-order valence-corrected chi connectivity index (χ3v) is 5.75. The SMILES string of the molecule is COc1ccc2nc(CNC(=O)C3CCC(=O)N(C4CCCC4)C3)[nH]c2c1. The molecule has 2 fully saturated rings. The van der Waals surface area contributed by atoms with Crippen molar-refractivity contribution in [3.8, 4) is 5.75 Å². The highest BCUT2D eigenvalue weighted by Crippen LogP contribution is 2.28. The van der Waals surface area contributed by atoms with Crippen molar-refractivity contribution in [3.63, 3.8) is 0 Å². The average molecular weight is 370 g/mol. The van der Waals surface area contributed by atoms with E-state index in [2.05, 4.69) is 15.3 Å². The summed E-state index contributed by atoms with van der Waals surface area (Å²) in [5.74, 6) is 1.56. The Morgan fingerprint density at radius 1 is 1.33 bits per heavy atom. The van der Waals surface area contributed by atoms with Crippen LogP contribution < -0.4 is 10.1 Å². The molecular weight excluding hydrogens is 344 g/mol. The predicted octanol–water partition coefficient (Wildman–Crippen LogP) is 2.37. The highest BCUT2D eigenvalue weighted by atomic mass is 16.5. The predicted molar refractivity (Wildman–Crippen MR) is 101 cm³/mol. The lowest BCUT2D eigenvalue weighted by atomic mass is 9.95. The first kappa shape index (κ1) is 17.8. The van der Waals surface area contributed by atoms with Crippen LogP contribution in [0.1, 0.15) is 44.3 Å². The van der Waals surface area contributed by atoms with Crippen LogP contribution in [0.4, 0.5) is 0 Å². The summed E-state index contributed by atoms with van der Waals surface area (Å²) < 4.78 is 5.22. The molecule has 0 bridgehead atoms. The summed E-state index contributed by atoms with van der Waals surface area (Å²) in [4.78, 5) is 34.6. The molecule has 27 heavy (non-hydrogen) atoms. The minimum atomic E-state index is -0.132. The maximum Gasteiger partial charge on any atom is 0.225 e. The monoisotopic (exact) mass is 370 g/mol. The summed E-state index contributed by atoms with van der Waals surface area (Å²) >= 11 is 0. The van der Waals surface area contributed by atoms with Crippen LogP contribution in [0.5, 0.6) is 5.75 Å². The van der Waals surface area contributed by atoms with E-state index in [4.69, 9.17) is 4.74 Å². The van der Waals surface area contributed by atoms with Gasteiger partial charge >= 0.3 is 0 Å². The van der Waals surface area contributed by atoms with E-state index in [1.165, 1.54) is 12.8 Å². The number of carbonyl (C=O) groups excluding carboxylic acids is 2. The van der Waals surface area contributed by atoms with Crippen LogP contribution in [0.3, 0.4) is 0 Å². The number of benzene rings is 1.